The fraction of sp³-hybridized carbons (Fsp3) is 0.0909. The number of hydrogen-bond acceptors (Lipinski definition) is 4. The van der Waals surface area contributed by atoms with E-state index < -0.39 is 0 Å². The van der Waals surface area contributed by atoms with Gasteiger partial charge in [-0.1, -0.05) is 18.2 Å². The molecule has 0 amide bonds. The van der Waals surface area contributed by atoms with Crippen LogP contribution in [0, 0.1) is 11.9 Å². The zero-order valence-electron chi connectivity index (χ0n) is 15.2. The molecule has 2 heterocycles. The van der Waals surface area contributed by atoms with Crippen molar-refractivity contribution in [2.75, 3.05) is 0 Å². The first-order valence-corrected chi connectivity index (χ1v) is 9.15. The molecule has 0 spiro atoms. The minimum absolute atomic E-state index is 0. The van der Waals surface area contributed by atoms with Crippen molar-refractivity contribution in [2.45, 2.75) is 13.8 Å². The molecule has 6 heteroatoms. The summed E-state index contributed by atoms with van der Waals surface area (Å²) in [5.41, 5.74) is 2.64. The van der Waals surface area contributed by atoms with Crippen LogP contribution in [-0.2, 0) is 24.9 Å². The fourth-order valence-corrected chi connectivity index (χ4v) is 3.62. The van der Waals surface area contributed by atoms with Gasteiger partial charge < -0.3 is 5.11 Å². The van der Waals surface area contributed by atoms with Gasteiger partial charge in [-0.05, 0) is 36.7 Å². The van der Waals surface area contributed by atoms with Crippen molar-refractivity contribution >= 4 is 38.1 Å². The van der Waals surface area contributed by atoms with E-state index in [1.54, 1.807) is 17.4 Å². The maximum atomic E-state index is 13.1. The largest absolute Gasteiger partial charge is 0.512 e. The third-order valence-electron chi connectivity index (χ3n) is 3.75. The molecule has 145 valence electrons. The van der Waals surface area contributed by atoms with E-state index in [0.717, 1.165) is 26.9 Å². The molecule has 0 atom stereocenters. The standard InChI is InChI=1S/C17H9FNS.C5H8O2.Ir/c18-12-7-5-11(6-8-12)16-17-14(9-10-20-17)13-3-1-2-4-15(13)19-16;1-4(6)3-5(2)7;/h1-5,7-10H;3,6H,1-2H3;/q-1;;/b;4-3-;. The molecule has 4 aromatic rings. The van der Waals surface area contributed by atoms with E-state index in [1.165, 1.54) is 37.4 Å². The van der Waals surface area contributed by atoms with Gasteiger partial charge in [-0.15, -0.1) is 29.8 Å². The summed E-state index contributed by atoms with van der Waals surface area (Å²) < 4.78 is 14.2. The molecular weight excluding hydrogens is 554 g/mol. The number of aliphatic hydroxyl groups is 1. The number of aliphatic hydroxyl groups excluding tert-OH is 1. The third-order valence-corrected chi connectivity index (χ3v) is 4.67. The SMILES string of the molecule is CC(=O)/C=C(/C)O.Fc1c[c-]c(-c2nc3ccccc3c3ccsc23)cc1.[Ir]. The van der Waals surface area contributed by atoms with E-state index in [-0.39, 0.29) is 37.5 Å². The Labute approximate surface area is 179 Å². The van der Waals surface area contributed by atoms with Crippen LogP contribution in [0.2, 0.25) is 0 Å². The quantitative estimate of drug-likeness (QED) is 0.180. The molecule has 28 heavy (non-hydrogen) atoms. The number of rotatable bonds is 2. The maximum absolute atomic E-state index is 13.1. The van der Waals surface area contributed by atoms with Gasteiger partial charge in [0.25, 0.3) is 0 Å². The van der Waals surface area contributed by atoms with Gasteiger partial charge in [0.15, 0.2) is 5.78 Å². The Hall–Kier alpha value is -2.40. The van der Waals surface area contributed by atoms with Crippen LogP contribution in [-0.4, -0.2) is 15.9 Å². The van der Waals surface area contributed by atoms with Gasteiger partial charge in [0.1, 0.15) is 0 Å². The van der Waals surface area contributed by atoms with Crippen LogP contribution in [0.4, 0.5) is 4.39 Å². The van der Waals surface area contributed by atoms with Crippen molar-refractivity contribution in [1.29, 1.82) is 0 Å². The normalized spacial score (nSPS) is 10.9. The van der Waals surface area contributed by atoms with Crippen molar-refractivity contribution in [3.8, 4) is 11.3 Å². The second-order valence-electron chi connectivity index (χ2n) is 5.96. The van der Waals surface area contributed by atoms with Crippen LogP contribution in [0.5, 0.6) is 0 Å². The number of nitrogens with zero attached hydrogens (tertiary/aromatic N) is 1. The number of carbonyl (C=O) groups excluding carboxylic acids is 1. The third kappa shape index (κ3) is 5.10. The number of pyridine rings is 1. The summed E-state index contributed by atoms with van der Waals surface area (Å²) in [6.07, 6.45) is 1.17. The van der Waals surface area contributed by atoms with Crippen LogP contribution in [0.15, 0.2) is 65.7 Å². The summed E-state index contributed by atoms with van der Waals surface area (Å²) in [5.74, 6) is -0.343. The van der Waals surface area contributed by atoms with Crippen molar-refractivity contribution in [3.05, 3.63) is 77.6 Å². The summed E-state index contributed by atoms with van der Waals surface area (Å²) in [5, 5.41) is 12.8. The smallest absolute Gasteiger partial charge is 0.155 e. The van der Waals surface area contributed by atoms with Gasteiger partial charge in [-0.2, -0.15) is 11.3 Å². The molecule has 0 saturated heterocycles. The Balaban J connectivity index is 0.000000306. The second-order valence-corrected chi connectivity index (χ2v) is 6.87. The zero-order valence-corrected chi connectivity index (χ0v) is 18.4. The van der Waals surface area contributed by atoms with Gasteiger partial charge in [0.05, 0.1) is 11.3 Å². The van der Waals surface area contributed by atoms with E-state index in [1.807, 2.05) is 18.2 Å². The van der Waals surface area contributed by atoms with E-state index >= 15 is 0 Å². The van der Waals surface area contributed by atoms with Gasteiger partial charge in [0, 0.05) is 47.8 Å². The zero-order chi connectivity index (χ0) is 19.4. The minimum atomic E-state index is -0.281. The monoisotopic (exact) mass is 571 g/mol. The Morgan fingerprint density at radius 2 is 1.89 bits per heavy atom. The number of thiophene rings is 1. The predicted molar refractivity (Wildman–Crippen MR) is 108 cm³/mol. The Bertz CT molecular complexity index is 1130. The van der Waals surface area contributed by atoms with Gasteiger partial charge in [0.2, 0.25) is 0 Å². The van der Waals surface area contributed by atoms with Crippen molar-refractivity contribution in [3.63, 3.8) is 0 Å². The summed E-state index contributed by atoms with van der Waals surface area (Å²) in [7, 11) is 0. The van der Waals surface area contributed by atoms with Crippen LogP contribution < -0.4 is 0 Å². The number of allylic oxidation sites excluding steroid dienone is 2. The van der Waals surface area contributed by atoms with Crippen molar-refractivity contribution < 1.29 is 34.4 Å². The minimum Gasteiger partial charge on any atom is -0.512 e. The van der Waals surface area contributed by atoms with Crippen molar-refractivity contribution in [2.24, 2.45) is 0 Å². The number of fused-ring (bicyclic) bond motifs is 3. The van der Waals surface area contributed by atoms with E-state index in [2.05, 4.69) is 23.6 Å². The fourth-order valence-electron chi connectivity index (χ4n) is 2.70. The summed E-state index contributed by atoms with van der Waals surface area (Å²) in [4.78, 5) is 14.7. The molecule has 4 rings (SSSR count). The molecular formula is C22H17FIrNO2S-. The molecule has 3 nitrogen and oxygen atoms in total. The number of ketones is 1. The number of carbonyl (C=O) groups is 1. The number of hydrogen-bond donors (Lipinski definition) is 1. The Morgan fingerprint density at radius 3 is 2.50 bits per heavy atom. The topological polar surface area (TPSA) is 50.2 Å². The molecule has 0 aliphatic rings. The van der Waals surface area contributed by atoms with Crippen LogP contribution in [0.3, 0.4) is 0 Å². The first-order chi connectivity index (χ1) is 13.0. The molecule has 0 aliphatic heterocycles. The Kier molecular flexibility index (Phi) is 7.58. The maximum Gasteiger partial charge on any atom is 0.155 e. The first-order valence-electron chi connectivity index (χ1n) is 8.27. The molecule has 2 aromatic carbocycles. The molecule has 0 saturated carbocycles. The molecule has 0 fully saturated rings. The van der Waals surface area contributed by atoms with Gasteiger partial charge in [-0.3, -0.25) is 14.2 Å². The van der Waals surface area contributed by atoms with Crippen LogP contribution in [0.1, 0.15) is 13.8 Å². The van der Waals surface area contributed by atoms with E-state index in [0.29, 0.717) is 0 Å². The average molecular weight is 571 g/mol. The predicted octanol–water partition coefficient (Wildman–Crippen LogP) is 6.09. The average Bonchev–Trinajstić information content (AvgIpc) is 3.11. The van der Waals surface area contributed by atoms with E-state index in [4.69, 9.17) is 10.1 Å². The number of aromatic nitrogens is 1. The summed E-state index contributed by atoms with van der Waals surface area (Å²) in [6, 6.07) is 17.7. The Morgan fingerprint density at radius 1 is 1.14 bits per heavy atom. The molecule has 0 unspecified atom stereocenters. The number of para-hydroxylation sites is 1. The molecule has 1 radical (unpaired) electrons. The van der Waals surface area contributed by atoms with Crippen LogP contribution >= 0.6 is 11.3 Å². The molecule has 0 bridgehead atoms. The summed E-state index contributed by atoms with van der Waals surface area (Å²) >= 11 is 1.65. The van der Waals surface area contributed by atoms with Crippen molar-refractivity contribution in [1.82, 2.24) is 4.98 Å². The molecule has 0 aliphatic carbocycles. The van der Waals surface area contributed by atoms with E-state index in [9.17, 15) is 9.18 Å². The molecule has 1 N–H and O–H groups in total. The molecule has 2 aromatic heterocycles. The second kappa shape index (κ2) is 9.69. The van der Waals surface area contributed by atoms with Gasteiger partial charge >= 0.3 is 0 Å². The van der Waals surface area contributed by atoms with Gasteiger partial charge in [-0.25, -0.2) is 0 Å². The summed E-state index contributed by atoms with van der Waals surface area (Å²) in [6.45, 7) is 2.85. The number of benzene rings is 2. The first kappa shape index (κ1) is 21.9. The van der Waals surface area contributed by atoms with Crippen LogP contribution in [0.25, 0.3) is 32.2 Å². The number of halogens is 1.